The third-order valence-corrected chi connectivity index (χ3v) is 7.16. The van der Waals surface area contributed by atoms with E-state index in [1.165, 1.54) is 7.05 Å². The number of amides is 2. The average Bonchev–Trinajstić information content (AvgIpc) is 2.96. The molecule has 0 radical (unpaired) electrons. The SMILES string of the molecule is CCCNS(=O)(=O)N1CSC(NC(=O)NC)N1S(=O)(=O)NCCC. The Balaban J connectivity index is 3.12. The highest BCUT2D eigenvalue weighted by Crippen LogP contribution is 2.30. The van der Waals surface area contributed by atoms with Crippen LogP contribution >= 0.6 is 11.8 Å². The molecule has 24 heavy (non-hydrogen) atoms. The zero-order valence-corrected chi connectivity index (χ0v) is 16.2. The molecular formula is C10H24N6O5S3. The topological polar surface area (TPSA) is 140 Å². The Morgan fingerprint density at radius 3 is 2.12 bits per heavy atom. The first-order valence-electron chi connectivity index (χ1n) is 7.35. The second kappa shape index (κ2) is 9.17. The number of carbonyl (C=O) groups excluding carboxylic acids is 1. The second-order valence-corrected chi connectivity index (χ2v) is 9.08. The predicted octanol–water partition coefficient (Wildman–Crippen LogP) is -1.09. The maximum Gasteiger partial charge on any atom is 0.316 e. The molecule has 2 amide bonds. The highest BCUT2D eigenvalue weighted by molar-refractivity contribution is 8.02. The molecule has 1 fully saturated rings. The number of thioether (sulfide) groups is 1. The molecule has 11 nitrogen and oxygen atoms in total. The van der Waals surface area contributed by atoms with Gasteiger partial charge in [0.25, 0.3) is 20.4 Å². The van der Waals surface area contributed by atoms with E-state index in [-0.39, 0.29) is 19.0 Å². The third-order valence-electron chi connectivity index (χ3n) is 2.84. The molecule has 0 saturated carbocycles. The lowest BCUT2D eigenvalue weighted by Gasteiger charge is -2.29. The van der Waals surface area contributed by atoms with Gasteiger partial charge in [-0.25, -0.2) is 14.2 Å². The first-order valence-corrected chi connectivity index (χ1v) is 11.3. The Kier molecular flexibility index (Phi) is 8.17. The van der Waals surface area contributed by atoms with Crippen molar-refractivity contribution in [2.75, 3.05) is 26.0 Å². The van der Waals surface area contributed by atoms with Crippen molar-refractivity contribution < 1.29 is 21.6 Å². The smallest absolute Gasteiger partial charge is 0.316 e. The quantitative estimate of drug-likeness (QED) is 0.385. The molecule has 0 aliphatic carbocycles. The van der Waals surface area contributed by atoms with E-state index in [9.17, 15) is 21.6 Å². The summed E-state index contributed by atoms with van der Waals surface area (Å²) in [5.41, 5.74) is -1.09. The molecular weight excluding hydrogens is 380 g/mol. The maximum absolute atomic E-state index is 12.5. The number of hydrazine groups is 1. The van der Waals surface area contributed by atoms with Gasteiger partial charge >= 0.3 is 6.03 Å². The molecule has 0 aromatic heterocycles. The molecule has 0 spiro atoms. The lowest BCUT2D eigenvalue weighted by Crippen LogP contribution is -2.59. The lowest BCUT2D eigenvalue weighted by atomic mass is 10.5. The number of carbonyl (C=O) groups is 1. The van der Waals surface area contributed by atoms with E-state index in [1.807, 2.05) is 0 Å². The molecule has 142 valence electrons. The van der Waals surface area contributed by atoms with Crippen LogP contribution in [0.5, 0.6) is 0 Å². The van der Waals surface area contributed by atoms with Crippen LogP contribution in [0.1, 0.15) is 26.7 Å². The van der Waals surface area contributed by atoms with Crippen molar-refractivity contribution in [3.05, 3.63) is 0 Å². The molecule has 4 N–H and O–H groups in total. The van der Waals surface area contributed by atoms with Crippen LogP contribution in [0.3, 0.4) is 0 Å². The molecule has 1 saturated heterocycles. The standard InChI is InChI=1S/C10H24N6O5S3/c1-4-6-12-23(18,19)15-8-22-10(14-9(17)11-3)16(15)24(20,21)13-7-5-2/h10,12-13H,4-8H2,1-3H3,(H2,11,14,17). The van der Waals surface area contributed by atoms with Gasteiger partial charge in [-0.1, -0.05) is 22.7 Å². The van der Waals surface area contributed by atoms with Gasteiger partial charge in [0.1, 0.15) is 0 Å². The third kappa shape index (κ3) is 5.44. The first kappa shape index (κ1) is 21.4. The minimum Gasteiger partial charge on any atom is -0.341 e. The Morgan fingerprint density at radius 2 is 1.62 bits per heavy atom. The van der Waals surface area contributed by atoms with Gasteiger partial charge in [0, 0.05) is 20.1 Å². The maximum atomic E-state index is 12.5. The van der Waals surface area contributed by atoms with Crippen LogP contribution in [0.15, 0.2) is 0 Å². The second-order valence-electron chi connectivity index (χ2n) is 4.77. The number of nitrogens with zero attached hydrogens (tertiary/aromatic N) is 2. The summed E-state index contributed by atoms with van der Waals surface area (Å²) in [5.74, 6) is -0.152. The molecule has 1 atom stereocenters. The van der Waals surface area contributed by atoms with Crippen LogP contribution in [0.25, 0.3) is 0 Å². The monoisotopic (exact) mass is 404 g/mol. The van der Waals surface area contributed by atoms with Crippen molar-refractivity contribution in [1.29, 1.82) is 0 Å². The van der Waals surface area contributed by atoms with E-state index in [0.717, 1.165) is 11.8 Å². The summed E-state index contributed by atoms with van der Waals surface area (Å²) < 4.78 is 55.7. The van der Waals surface area contributed by atoms with E-state index in [2.05, 4.69) is 20.1 Å². The summed E-state index contributed by atoms with van der Waals surface area (Å²) in [6.45, 7) is 3.88. The van der Waals surface area contributed by atoms with Crippen LogP contribution in [-0.4, -0.2) is 63.2 Å². The van der Waals surface area contributed by atoms with Gasteiger partial charge in [0.05, 0.1) is 5.88 Å². The zero-order valence-electron chi connectivity index (χ0n) is 13.8. The van der Waals surface area contributed by atoms with Gasteiger partial charge in [-0.3, -0.25) is 0 Å². The Morgan fingerprint density at radius 1 is 1.08 bits per heavy atom. The summed E-state index contributed by atoms with van der Waals surface area (Å²) in [6.07, 6.45) is 1.09. The van der Waals surface area contributed by atoms with Gasteiger partial charge in [0.2, 0.25) is 0 Å². The van der Waals surface area contributed by atoms with Gasteiger partial charge in [-0.2, -0.15) is 16.8 Å². The fraction of sp³-hybridized carbons (Fsp3) is 0.900. The van der Waals surface area contributed by atoms with Crippen molar-refractivity contribution >= 4 is 38.2 Å². The predicted molar refractivity (Wildman–Crippen MR) is 91.9 cm³/mol. The molecule has 14 heteroatoms. The normalized spacial score (nSPS) is 20.2. The van der Waals surface area contributed by atoms with Crippen LogP contribution in [0, 0.1) is 0 Å². The van der Waals surface area contributed by atoms with Gasteiger partial charge in [-0.15, -0.1) is 11.8 Å². The number of rotatable bonds is 9. The summed E-state index contributed by atoms with van der Waals surface area (Å²) in [6, 6.07) is -0.621. The molecule has 1 rings (SSSR count). The number of hydrogen-bond donors (Lipinski definition) is 4. The van der Waals surface area contributed by atoms with Crippen molar-refractivity contribution in [3.8, 4) is 0 Å². The molecule has 1 unspecified atom stereocenters. The van der Waals surface area contributed by atoms with Crippen molar-refractivity contribution in [2.45, 2.75) is 32.2 Å². The van der Waals surface area contributed by atoms with E-state index in [1.54, 1.807) is 13.8 Å². The Hall–Kier alpha value is -0.640. The highest BCUT2D eigenvalue weighted by Gasteiger charge is 2.47. The molecule has 1 aliphatic heterocycles. The van der Waals surface area contributed by atoms with Crippen molar-refractivity contribution in [1.82, 2.24) is 28.9 Å². The van der Waals surface area contributed by atoms with Crippen molar-refractivity contribution in [2.24, 2.45) is 0 Å². The average molecular weight is 405 g/mol. The highest BCUT2D eigenvalue weighted by atomic mass is 32.2. The minimum absolute atomic E-state index is 0.145. The van der Waals surface area contributed by atoms with E-state index < -0.39 is 31.9 Å². The molecule has 0 aromatic rings. The Labute approximate surface area is 147 Å². The van der Waals surface area contributed by atoms with Gasteiger partial charge in [-0.05, 0) is 12.8 Å². The molecule has 0 bridgehead atoms. The van der Waals surface area contributed by atoms with Crippen LogP contribution in [-0.2, 0) is 20.4 Å². The fourth-order valence-corrected chi connectivity index (χ4v) is 6.54. The first-order chi connectivity index (χ1) is 11.2. The molecule has 1 heterocycles. The Bertz CT molecular complexity index is 625. The van der Waals surface area contributed by atoms with E-state index >= 15 is 0 Å². The van der Waals surface area contributed by atoms with Crippen LogP contribution in [0.4, 0.5) is 4.79 Å². The summed E-state index contributed by atoms with van der Waals surface area (Å²) in [7, 11) is -6.84. The van der Waals surface area contributed by atoms with Gasteiger partial charge < -0.3 is 10.6 Å². The zero-order chi connectivity index (χ0) is 18.4. The summed E-state index contributed by atoms with van der Waals surface area (Å²) in [4.78, 5) is 11.5. The van der Waals surface area contributed by atoms with Crippen molar-refractivity contribution in [3.63, 3.8) is 0 Å². The fourth-order valence-electron chi connectivity index (χ4n) is 1.68. The number of hydrogen-bond acceptors (Lipinski definition) is 6. The van der Waals surface area contributed by atoms with E-state index in [4.69, 9.17) is 0 Å². The van der Waals surface area contributed by atoms with E-state index in [0.29, 0.717) is 21.7 Å². The lowest BCUT2D eigenvalue weighted by molar-refractivity contribution is 0.172. The summed E-state index contributed by atoms with van der Waals surface area (Å²) >= 11 is 0.965. The summed E-state index contributed by atoms with van der Waals surface area (Å²) in [5, 5.41) is 4.71. The van der Waals surface area contributed by atoms with Crippen LogP contribution in [0.2, 0.25) is 0 Å². The number of urea groups is 1. The minimum atomic E-state index is -4.16. The van der Waals surface area contributed by atoms with Crippen LogP contribution < -0.4 is 20.1 Å². The molecule has 1 aliphatic rings. The number of nitrogens with one attached hydrogen (secondary N) is 4. The molecule has 0 aromatic carbocycles. The van der Waals surface area contributed by atoms with Gasteiger partial charge in [0.15, 0.2) is 5.50 Å². The largest absolute Gasteiger partial charge is 0.341 e.